The Morgan fingerprint density at radius 2 is 2.12 bits per heavy atom. The highest BCUT2D eigenvalue weighted by atomic mass is 16.7. The molecule has 1 aliphatic heterocycles. The summed E-state index contributed by atoms with van der Waals surface area (Å²) < 4.78 is 10.3. The summed E-state index contributed by atoms with van der Waals surface area (Å²) in [6.07, 6.45) is 8.57. The highest BCUT2D eigenvalue weighted by molar-refractivity contribution is 5.80. The highest BCUT2D eigenvalue weighted by Gasteiger charge is 2.31. The monoisotopic (exact) mass is 238 g/mol. The van der Waals surface area contributed by atoms with Crippen molar-refractivity contribution in [3.05, 3.63) is 10.1 Å². The molecule has 17 heavy (non-hydrogen) atoms. The number of hydrazine groups is 1. The first-order valence-electron chi connectivity index (χ1n) is 4.53. The van der Waals surface area contributed by atoms with E-state index in [1.807, 2.05) is 5.43 Å². The Morgan fingerprint density at radius 1 is 1.47 bits per heavy atom. The van der Waals surface area contributed by atoms with Crippen LogP contribution >= 0.6 is 0 Å². The van der Waals surface area contributed by atoms with Gasteiger partial charge in [-0.3, -0.25) is 0 Å². The zero-order valence-corrected chi connectivity index (χ0v) is 8.75. The molecule has 0 aromatic heterocycles. The van der Waals surface area contributed by atoms with Crippen molar-refractivity contribution in [2.45, 2.75) is 12.5 Å². The lowest BCUT2D eigenvalue weighted by molar-refractivity contribution is -0.525. The lowest BCUT2D eigenvalue weighted by Gasteiger charge is -2.16. The van der Waals surface area contributed by atoms with E-state index in [1.54, 1.807) is 0 Å². The van der Waals surface area contributed by atoms with Crippen molar-refractivity contribution in [1.82, 2.24) is 10.7 Å². The highest BCUT2D eigenvalue weighted by Crippen LogP contribution is 2.09. The maximum atomic E-state index is 10.2. The predicted octanol–water partition coefficient (Wildman–Crippen LogP) is -1.32. The topological polar surface area (TPSA) is 98.0 Å². The zero-order valence-electron chi connectivity index (χ0n) is 8.75. The SMILES string of the molecule is C#CCO[C@H]1N=C(N[N+](=O)[O-])N[C@@H]1OCC#C. The molecular weight excluding hydrogens is 228 g/mol. The molecule has 0 amide bonds. The van der Waals surface area contributed by atoms with Gasteiger partial charge in [-0.25, -0.2) is 15.1 Å². The van der Waals surface area contributed by atoms with E-state index in [0.29, 0.717) is 0 Å². The summed E-state index contributed by atoms with van der Waals surface area (Å²) >= 11 is 0. The average molecular weight is 238 g/mol. The lowest BCUT2D eigenvalue weighted by atomic mass is 10.5. The fourth-order valence-corrected chi connectivity index (χ4v) is 1.11. The molecule has 0 aromatic carbocycles. The molecule has 2 N–H and O–H groups in total. The lowest BCUT2D eigenvalue weighted by Crippen LogP contribution is -2.44. The second kappa shape index (κ2) is 6.33. The summed E-state index contributed by atoms with van der Waals surface area (Å²) in [6.45, 7) is 0.0341. The molecule has 1 aliphatic rings. The van der Waals surface area contributed by atoms with Crippen LogP contribution in [0.3, 0.4) is 0 Å². The minimum Gasteiger partial charge on any atom is -0.341 e. The van der Waals surface area contributed by atoms with Crippen molar-refractivity contribution in [3.63, 3.8) is 0 Å². The van der Waals surface area contributed by atoms with Crippen LogP contribution in [0.4, 0.5) is 0 Å². The van der Waals surface area contributed by atoms with Gasteiger partial charge in [0.25, 0.3) is 5.96 Å². The summed E-state index contributed by atoms with van der Waals surface area (Å²) in [5, 5.41) is 12.1. The van der Waals surface area contributed by atoms with Crippen LogP contribution in [0.5, 0.6) is 0 Å². The number of terminal acetylenes is 2. The molecule has 0 aromatic rings. The van der Waals surface area contributed by atoms with Gasteiger partial charge in [-0.15, -0.1) is 12.8 Å². The molecular formula is C9H10N4O4. The van der Waals surface area contributed by atoms with Crippen LogP contribution in [-0.4, -0.2) is 36.7 Å². The molecule has 8 nitrogen and oxygen atoms in total. The van der Waals surface area contributed by atoms with Crippen LogP contribution in [0.15, 0.2) is 4.99 Å². The van der Waals surface area contributed by atoms with E-state index in [4.69, 9.17) is 22.3 Å². The van der Waals surface area contributed by atoms with Gasteiger partial charge in [0.1, 0.15) is 13.2 Å². The molecule has 8 heteroatoms. The number of nitrogens with one attached hydrogen (secondary N) is 2. The quantitative estimate of drug-likeness (QED) is 0.350. The van der Waals surface area contributed by atoms with E-state index in [1.165, 1.54) is 0 Å². The minimum atomic E-state index is -0.776. The third-order valence-electron chi connectivity index (χ3n) is 1.68. The number of ether oxygens (including phenoxy) is 2. The van der Waals surface area contributed by atoms with Crippen molar-refractivity contribution in [2.75, 3.05) is 13.2 Å². The minimum absolute atomic E-state index is 0.0114. The number of nitrogens with zero attached hydrogens (tertiary/aromatic N) is 2. The van der Waals surface area contributed by atoms with Gasteiger partial charge < -0.3 is 14.8 Å². The first-order valence-corrected chi connectivity index (χ1v) is 4.53. The number of hydrogen-bond donors (Lipinski definition) is 2. The molecule has 0 fully saturated rings. The summed E-state index contributed by atoms with van der Waals surface area (Å²) in [5.74, 6) is 4.45. The number of hydrogen-bond acceptors (Lipinski definition) is 6. The number of aliphatic imine (C=N–C) groups is 1. The van der Waals surface area contributed by atoms with Crippen molar-refractivity contribution in [1.29, 1.82) is 0 Å². The van der Waals surface area contributed by atoms with Gasteiger partial charge in [0, 0.05) is 0 Å². The smallest absolute Gasteiger partial charge is 0.259 e. The number of rotatable bonds is 5. The van der Waals surface area contributed by atoms with Crippen LogP contribution in [0.2, 0.25) is 0 Å². The predicted molar refractivity (Wildman–Crippen MR) is 57.8 cm³/mol. The Labute approximate surface area is 97.5 Å². The maximum absolute atomic E-state index is 10.2. The first kappa shape index (κ1) is 12.8. The van der Waals surface area contributed by atoms with Gasteiger partial charge >= 0.3 is 0 Å². The number of guanidine groups is 1. The average Bonchev–Trinajstić information content (AvgIpc) is 2.64. The van der Waals surface area contributed by atoms with E-state index in [0.717, 1.165) is 0 Å². The van der Waals surface area contributed by atoms with Crippen molar-refractivity contribution in [2.24, 2.45) is 4.99 Å². The molecule has 2 atom stereocenters. The maximum Gasteiger partial charge on any atom is 0.259 e. The Balaban J connectivity index is 2.58. The van der Waals surface area contributed by atoms with Crippen LogP contribution in [0.1, 0.15) is 0 Å². The zero-order chi connectivity index (χ0) is 12.7. The Bertz CT molecular complexity index is 395. The summed E-state index contributed by atoms with van der Waals surface area (Å²) in [6, 6.07) is 0. The van der Waals surface area contributed by atoms with E-state index in [-0.39, 0.29) is 19.2 Å². The fraction of sp³-hybridized carbons (Fsp3) is 0.444. The second-order valence-corrected chi connectivity index (χ2v) is 2.83. The standard InChI is InChI=1S/C9H10N4O4/c1-3-5-16-7-8(17-6-4-2)11-9(10-7)12-13(14)15/h1-2,7-8H,5-6H2,(H2,10,11,12)/t7-,8-/m1/s1. The Hall–Kier alpha value is -2.29. The first-order chi connectivity index (χ1) is 8.17. The molecule has 90 valence electrons. The van der Waals surface area contributed by atoms with Crippen molar-refractivity contribution in [3.8, 4) is 24.7 Å². The van der Waals surface area contributed by atoms with Crippen LogP contribution < -0.4 is 10.7 Å². The largest absolute Gasteiger partial charge is 0.341 e. The van der Waals surface area contributed by atoms with Gasteiger partial charge in [0.2, 0.25) is 0 Å². The second-order valence-electron chi connectivity index (χ2n) is 2.83. The van der Waals surface area contributed by atoms with Crippen molar-refractivity contribution >= 4 is 5.96 Å². The molecule has 0 saturated carbocycles. The Morgan fingerprint density at radius 3 is 2.71 bits per heavy atom. The van der Waals surface area contributed by atoms with Gasteiger partial charge in [-0.05, 0) is 0 Å². The molecule has 0 radical (unpaired) electrons. The molecule has 1 rings (SSSR count). The summed E-state index contributed by atoms with van der Waals surface area (Å²) in [5.41, 5.74) is 1.85. The molecule has 1 heterocycles. The molecule has 0 unspecified atom stereocenters. The van der Waals surface area contributed by atoms with Crippen LogP contribution in [-0.2, 0) is 9.47 Å². The van der Waals surface area contributed by atoms with Crippen LogP contribution in [0, 0.1) is 34.8 Å². The Kier molecular flexibility index (Phi) is 4.76. The molecule has 0 spiro atoms. The van der Waals surface area contributed by atoms with E-state index >= 15 is 0 Å². The normalized spacial score (nSPS) is 21.9. The van der Waals surface area contributed by atoms with Crippen LogP contribution in [0.25, 0.3) is 0 Å². The van der Waals surface area contributed by atoms with E-state index in [9.17, 15) is 10.1 Å². The van der Waals surface area contributed by atoms with Crippen molar-refractivity contribution < 1.29 is 14.5 Å². The fourth-order valence-electron chi connectivity index (χ4n) is 1.11. The van der Waals surface area contributed by atoms with Gasteiger partial charge in [0.05, 0.1) is 0 Å². The molecule has 0 aliphatic carbocycles. The third kappa shape index (κ3) is 3.99. The van der Waals surface area contributed by atoms with Gasteiger partial charge in [0.15, 0.2) is 17.5 Å². The van der Waals surface area contributed by atoms with Gasteiger partial charge in [-0.2, -0.15) is 0 Å². The molecule has 0 saturated heterocycles. The number of nitro groups is 1. The third-order valence-corrected chi connectivity index (χ3v) is 1.68. The molecule has 0 bridgehead atoms. The summed E-state index contributed by atoms with van der Waals surface area (Å²) in [7, 11) is 0. The summed E-state index contributed by atoms with van der Waals surface area (Å²) in [4.78, 5) is 14.1. The van der Waals surface area contributed by atoms with E-state index < -0.39 is 17.5 Å². The van der Waals surface area contributed by atoms with Gasteiger partial charge in [-0.1, -0.05) is 17.3 Å². The van der Waals surface area contributed by atoms with E-state index in [2.05, 4.69) is 22.2 Å².